The average molecular weight is 1180 g/mol. The molecule has 0 aromatic rings. The molecule has 5 aliphatic rings. The number of rotatable bonds is 13. The molecule has 0 radical (unpaired) electrons. The molecule has 1 amide bonds. The number of cyclic esters (lactones) is 1. The van der Waals surface area contributed by atoms with Crippen molar-refractivity contribution in [3.63, 3.8) is 0 Å². The highest BCUT2D eigenvalue weighted by atomic mass is 16.8. The van der Waals surface area contributed by atoms with Gasteiger partial charge in [-0.15, -0.1) is 0 Å². The van der Waals surface area contributed by atoms with Gasteiger partial charge in [0, 0.05) is 65.6 Å². The van der Waals surface area contributed by atoms with Crippen LogP contribution in [0.2, 0.25) is 0 Å². The highest BCUT2D eigenvalue weighted by Crippen LogP contribution is 2.39. The normalized spacial score (nSPS) is 39.7. The summed E-state index contributed by atoms with van der Waals surface area (Å²) in [5.74, 6) is -11.0. The van der Waals surface area contributed by atoms with Crippen molar-refractivity contribution in [2.24, 2.45) is 35.5 Å². The van der Waals surface area contributed by atoms with Crippen molar-refractivity contribution in [1.29, 1.82) is 0 Å². The summed E-state index contributed by atoms with van der Waals surface area (Å²) in [5, 5.41) is 54.5. The zero-order chi connectivity index (χ0) is 61.3. The number of carbonyl (C=O) groups is 6. The highest BCUT2D eigenvalue weighted by Gasteiger charge is 2.55. The minimum atomic E-state index is -2.48. The quantitative estimate of drug-likeness (QED) is 0.0715. The number of hydrogen-bond donors (Lipinski definition) is 5. The van der Waals surface area contributed by atoms with E-state index in [-0.39, 0.29) is 69.0 Å². The van der Waals surface area contributed by atoms with Crippen LogP contribution in [0.25, 0.3) is 0 Å². The van der Waals surface area contributed by atoms with Crippen LogP contribution < -0.4 is 0 Å². The molecule has 3 saturated heterocycles. The summed E-state index contributed by atoms with van der Waals surface area (Å²) < 4.78 is 56.7. The second-order valence-electron chi connectivity index (χ2n) is 23.6. The molecule has 5 N–H and O–H groups in total. The van der Waals surface area contributed by atoms with Crippen LogP contribution in [-0.4, -0.2) is 206 Å². The van der Waals surface area contributed by atoms with Crippen LogP contribution in [0.15, 0.2) is 47.6 Å². The second kappa shape index (κ2) is 32.4. The number of aliphatic hydroxyl groups excluding tert-OH is 4. The summed E-state index contributed by atoms with van der Waals surface area (Å²) in [6.07, 6.45) is 4.59. The Bertz CT molecular complexity index is 2290. The zero-order valence-electron chi connectivity index (χ0n) is 50.5. The van der Waals surface area contributed by atoms with E-state index in [0.717, 1.165) is 10.5 Å². The second-order valence-corrected chi connectivity index (χ2v) is 23.6. The number of aliphatic hydroxyl groups is 5. The molecule has 2 unspecified atom stereocenters. The SMILES string of the molecule is CO[C@H]1C[C@@H]2CC[C@@H](C)[C@@](O)(O2)C(=O)C(=O)N2CCCCC2C(=O)O[C@H]([C@H](C)C[C@H]2CC[C@@H](OCCOC(=O)OC3(CO)OC[C@@H](OC)[C@@H](O)[C@@H]3O)[C@H](OC)C2)CC(=O)[C@H](C)/C=C(\C)[C@@H](O)[C@@H](OC)C(=O)[C@@H](C)C[C@H](C)\C=C/C=C/C=C/1C. The third-order valence-corrected chi connectivity index (χ3v) is 17.5. The van der Waals surface area contributed by atoms with Gasteiger partial charge in [0.1, 0.15) is 55.6 Å². The standard InChI is InChI=1S/C61H95NO21/c1-35-17-13-12-14-18-36(2)47(74-8)31-43-22-20-41(7)61(73,82-43)56(69)57(70)62-24-16-15-19-44(62)58(71)81-48(32-45(64)37(3)28-40(6)52(66)54(77-11)51(65)39(5)27-35)38(4)29-42-21-23-46(49(30-42)75-9)78-25-26-79-59(72)83-60(34-63)55(68)53(67)50(76-10)33-80-60/h12-14,17-18,28,35,37-39,41-44,46-50,52-55,63,66-68,73H,15-16,19-27,29-34H2,1-11H3/b14-12+,17-13-,36-18+,40-28+/t35-,37-,38-,39+,41-,42-,43+,44?,46-,47+,48+,49-,50-,52-,53-,54+,55+,60?,61-/m1/s1. The van der Waals surface area contributed by atoms with Gasteiger partial charge in [0.25, 0.3) is 17.5 Å². The molecular formula is C61H95NO21. The fraction of sp³-hybridized carbons (Fsp3) is 0.770. The lowest BCUT2D eigenvalue weighted by Gasteiger charge is -2.43. The number of fused-ring (bicyclic) bond motifs is 3. The summed E-state index contributed by atoms with van der Waals surface area (Å²) in [5.41, 5.74) is 1.19. The fourth-order valence-corrected chi connectivity index (χ4v) is 12.1. The Morgan fingerprint density at radius 2 is 1.54 bits per heavy atom. The number of ether oxygens (including phenoxy) is 10. The Kier molecular flexibility index (Phi) is 27.2. The number of carbonyl (C=O) groups excluding carboxylic acids is 6. The Hall–Kier alpha value is -4.30. The lowest BCUT2D eigenvalue weighted by atomic mass is 9.78. The average Bonchev–Trinajstić information content (AvgIpc) is 3.10. The molecule has 83 heavy (non-hydrogen) atoms. The molecule has 2 bridgehead atoms. The minimum absolute atomic E-state index is 0.0166. The van der Waals surface area contributed by atoms with Gasteiger partial charge in [0.15, 0.2) is 11.9 Å². The van der Waals surface area contributed by atoms with E-state index in [1.54, 1.807) is 48.0 Å². The maximum atomic E-state index is 14.6. The van der Waals surface area contributed by atoms with Crippen molar-refractivity contribution < 1.29 is 102 Å². The van der Waals surface area contributed by atoms with E-state index in [9.17, 15) is 54.3 Å². The number of methoxy groups -OCH3 is 4. The van der Waals surface area contributed by atoms with E-state index >= 15 is 0 Å². The van der Waals surface area contributed by atoms with Gasteiger partial charge in [-0.1, -0.05) is 71.1 Å². The Morgan fingerprint density at radius 1 is 0.819 bits per heavy atom. The molecule has 0 aromatic heterocycles. The van der Waals surface area contributed by atoms with Gasteiger partial charge in [0.2, 0.25) is 5.79 Å². The number of hydrogen-bond acceptors (Lipinski definition) is 21. The number of ketones is 3. The highest BCUT2D eigenvalue weighted by molar-refractivity contribution is 6.39. The molecule has 470 valence electrons. The van der Waals surface area contributed by atoms with Crippen molar-refractivity contribution in [2.45, 2.75) is 204 Å². The molecule has 1 aliphatic carbocycles. The van der Waals surface area contributed by atoms with Gasteiger partial charge < -0.3 is 77.8 Å². The summed E-state index contributed by atoms with van der Waals surface area (Å²) in [4.78, 5) is 85.5. The minimum Gasteiger partial charge on any atom is -0.460 e. The van der Waals surface area contributed by atoms with Gasteiger partial charge >= 0.3 is 12.1 Å². The van der Waals surface area contributed by atoms with Gasteiger partial charge in [-0.2, -0.15) is 0 Å². The third kappa shape index (κ3) is 18.1. The molecule has 1 saturated carbocycles. The largest absolute Gasteiger partial charge is 0.511 e. The van der Waals surface area contributed by atoms with E-state index in [0.29, 0.717) is 63.4 Å². The number of allylic oxidation sites excluding steroid dienone is 6. The predicted molar refractivity (Wildman–Crippen MR) is 300 cm³/mol. The summed E-state index contributed by atoms with van der Waals surface area (Å²) in [6.45, 7) is 10.9. The fourth-order valence-electron chi connectivity index (χ4n) is 12.1. The topological polar surface area (TPSA) is 299 Å². The number of amides is 1. The van der Waals surface area contributed by atoms with Gasteiger partial charge in [-0.05, 0) is 107 Å². The van der Waals surface area contributed by atoms with E-state index < -0.39 is 133 Å². The van der Waals surface area contributed by atoms with E-state index in [1.165, 1.54) is 14.2 Å². The molecule has 22 heteroatoms. The van der Waals surface area contributed by atoms with Crippen LogP contribution >= 0.6 is 0 Å². The molecule has 22 nitrogen and oxygen atoms in total. The van der Waals surface area contributed by atoms with E-state index in [1.807, 2.05) is 51.2 Å². The Labute approximate surface area is 489 Å². The number of Topliss-reactive ketones (excluding diaryl/α,β-unsaturated/α-hetero) is 3. The maximum Gasteiger partial charge on any atom is 0.511 e. The van der Waals surface area contributed by atoms with Crippen LogP contribution in [0.4, 0.5) is 4.79 Å². The number of piperidine rings is 1. The molecule has 4 aliphatic heterocycles. The summed E-state index contributed by atoms with van der Waals surface area (Å²) >= 11 is 0. The molecule has 4 heterocycles. The first-order chi connectivity index (χ1) is 39.4. The van der Waals surface area contributed by atoms with Crippen LogP contribution in [0.1, 0.15) is 126 Å². The van der Waals surface area contributed by atoms with Crippen molar-refractivity contribution in [2.75, 3.05) is 61.4 Å². The van der Waals surface area contributed by atoms with Crippen LogP contribution in [-0.2, 0) is 71.3 Å². The van der Waals surface area contributed by atoms with Crippen LogP contribution in [0.3, 0.4) is 0 Å². The molecule has 0 aromatic carbocycles. The van der Waals surface area contributed by atoms with Crippen molar-refractivity contribution in [1.82, 2.24) is 4.90 Å². The van der Waals surface area contributed by atoms with E-state index in [2.05, 4.69) is 0 Å². The maximum absolute atomic E-state index is 14.6. The Balaban J connectivity index is 1.35. The monoisotopic (exact) mass is 1180 g/mol. The van der Waals surface area contributed by atoms with Crippen molar-refractivity contribution in [3.05, 3.63) is 47.6 Å². The summed E-state index contributed by atoms with van der Waals surface area (Å²) in [7, 11) is 5.76. The number of esters is 1. The lowest BCUT2D eigenvalue weighted by Crippen LogP contribution is -2.64. The molecular weight excluding hydrogens is 1080 g/mol. The van der Waals surface area contributed by atoms with Crippen molar-refractivity contribution in [3.8, 4) is 0 Å². The van der Waals surface area contributed by atoms with Gasteiger partial charge in [0.05, 0.1) is 37.6 Å². The predicted octanol–water partition coefficient (Wildman–Crippen LogP) is 4.81. The molecule has 4 fully saturated rings. The van der Waals surface area contributed by atoms with Crippen LogP contribution in [0.5, 0.6) is 0 Å². The van der Waals surface area contributed by atoms with Gasteiger partial charge in [-0.25, -0.2) is 9.59 Å². The first-order valence-corrected chi connectivity index (χ1v) is 29.5. The third-order valence-electron chi connectivity index (χ3n) is 17.5. The first kappa shape index (κ1) is 69.5. The summed E-state index contributed by atoms with van der Waals surface area (Å²) in [6, 6.07) is -1.22. The number of nitrogens with zero attached hydrogens (tertiary/aromatic N) is 1. The van der Waals surface area contributed by atoms with Crippen molar-refractivity contribution >= 4 is 35.4 Å². The smallest absolute Gasteiger partial charge is 0.460 e. The zero-order valence-corrected chi connectivity index (χ0v) is 50.5. The molecule has 19 atom stereocenters. The van der Waals surface area contributed by atoms with E-state index in [4.69, 9.17) is 47.4 Å². The first-order valence-electron chi connectivity index (χ1n) is 29.5. The van der Waals surface area contributed by atoms with Gasteiger partial charge in [-0.3, -0.25) is 19.2 Å². The molecule has 0 spiro atoms. The Morgan fingerprint density at radius 3 is 2.22 bits per heavy atom. The van der Waals surface area contributed by atoms with Crippen LogP contribution in [0, 0.1) is 35.5 Å². The lowest BCUT2D eigenvalue weighted by molar-refractivity contribution is -0.334. The molecule has 5 rings (SSSR count).